The maximum absolute atomic E-state index is 13.4. The number of carbonyl (C=O) groups is 1. The van der Waals surface area contributed by atoms with Gasteiger partial charge in [-0.05, 0) is 176 Å². The van der Waals surface area contributed by atoms with E-state index in [9.17, 15) is 101 Å². The van der Waals surface area contributed by atoms with Crippen LogP contribution < -0.4 is 35.5 Å². The molecule has 16 nitrogen and oxygen atoms in total. The number of rotatable bonds is 12. The van der Waals surface area contributed by atoms with Crippen LogP contribution in [0.4, 0.5) is 83.4 Å². The molecular formula is C74H82Cl2F19LiN12O4S3. The Bertz CT molecular complexity index is 4350. The maximum Gasteiger partial charge on any atom is 1.00 e. The van der Waals surface area contributed by atoms with Gasteiger partial charge in [0.1, 0.15) is 63.8 Å². The van der Waals surface area contributed by atoms with E-state index in [0.717, 1.165) is 67.0 Å². The van der Waals surface area contributed by atoms with Gasteiger partial charge in [0.15, 0.2) is 0 Å². The molecule has 0 unspecified atom stereocenters. The molecule has 4 heterocycles. The summed E-state index contributed by atoms with van der Waals surface area (Å²) in [7, 11) is -3.92. The molecule has 6 N–H and O–H groups in total. The zero-order valence-electron chi connectivity index (χ0n) is 63.5. The van der Waals surface area contributed by atoms with E-state index in [-0.39, 0.29) is 94.4 Å². The van der Waals surface area contributed by atoms with E-state index in [1.165, 1.54) is 43.3 Å². The van der Waals surface area contributed by atoms with Crippen molar-refractivity contribution in [3.05, 3.63) is 280 Å². The van der Waals surface area contributed by atoms with Crippen LogP contribution in [0.5, 0.6) is 0 Å². The van der Waals surface area contributed by atoms with Gasteiger partial charge in [-0.1, -0.05) is 49.7 Å². The summed E-state index contributed by atoms with van der Waals surface area (Å²) in [5.74, 6) is -4.02. The van der Waals surface area contributed by atoms with E-state index >= 15 is 0 Å². The molecule has 628 valence electrons. The first-order valence-electron chi connectivity index (χ1n) is 32.5. The Morgan fingerprint density at radius 3 is 1.00 bits per heavy atom. The van der Waals surface area contributed by atoms with Crippen molar-refractivity contribution < 1.29 is 120 Å². The number of aryl methyl sites for hydroxylation is 1. The maximum atomic E-state index is 13.4. The van der Waals surface area contributed by atoms with Gasteiger partial charge < -0.3 is 18.4 Å². The van der Waals surface area contributed by atoms with Gasteiger partial charge in [-0.25, -0.2) is 65.9 Å². The number of benzene rings is 5. The van der Waals surface area contributed by atoms with Gasteiger partial charge in [0.2, 0.25) is 0 Å². The van der Waals surface area contributed by atoms with Crippen LogP contribution in [0.2, 0.25) is 0 Å². The fourth-order valence-electron chi connectivity index (χ4n) is 7.58. The Balaban J connectivity index is 0. The minimum Gasteiger partial charge on any atom is -0.343 e. The molecule has 0 fully saturated rings. The Kier molecular flexibility index (Phi) is 46.7. The van der Waals surface area contributed by atoms with Gasteiger partial charge in [-0.2, -0.15) is 76.7 Å². The van der Waals surface area contributed by atoms with Gasteiger partial charge >= 0.3 is 49.7 Å². The number of halogens is 21. The molecule has 0 saturated carbocycles. The number of aldehydes is 1. The second-order valence-electron chi connectivity index (χ2n) is 25.8. The molecule has 0 spiro atoms. The molecule has 0 aliphatic heterocycles. The Hall–Kier alpha value is -8.06. The molecule has 0 radical (unpaired) electrons. The molecule has 9 rings (SSSR count). The zero-order valence-corrected chi connectivity index (χ0v) is 67.6. The summed E-state index contributed by atoms with van der Waals surface area (Å²) in [5, 5.41) is 5.04. The fourth-order valence-corrected chi connectivity index (χ4v) is 9.26. The first-order chi connectivity index (χ1) is 51.6. The van der Waals surface area contributed by atoms with E-state index in [0.29, 0.717) is 47.8 Å². The summed E-state index contributed by atoms with van der Waals surface area (Å²) in [6.45, 7) is 23.8. The second kappa shape index (κ2) is 49.2. The van der Waals surface area contributed by atoms with Crippen LogP contribution in [-0.4, -0.2) is 85.0 Å². The number of nitrogens with two attached hydrogens (primary N) is 3. The summed E-state index contributed by atoms with van der Waals surface area (Å²) in [5.41, 5.74) is 6.47. The largest absolute Gasteiger partial charge is 1.00 e. The summed E-state index contributed by atoms with van der Waals surface area (Å²) in [6.07, 6.45) is -7.25. The molecule has 5 aromatic carbocycles. The van der Waals surface area contributed by atoms with E-state index in [1.54, 1.807) is 69.8 Å². The first kappa shape index (κ1) is 109. The fraction of sp³-hybridized carbons (Fsp3) is 0.338. The van der Waals surface area contributed by atoms with Crippen LogP contribution in [0.15, 0.2) is 175 Å². The third-order valence-electron chi connectivity index (χ3n) is 13.8. The van der Waals surface area contributed by atoms with Crippen LogP contribution in [0.3, 0.4) is 0 Å². The SMILES string of the molecule is CC(C)(C)[S@@](N)=O.CC(C)(C)[S@](=O)C[C@@H](c1ccc(C(F)(F)F)cc1)c1ncccn1.CC(C)(C)[S@](=O)N=Cc1ccc(C(F)(F)F)c(F)c1.Cc1ncccn1.Cl.Cl.N[C@@H](c1ccc(C(F)(F)F)c(F)c1)c1ncccn1.N[C@@H](c1ccc(C(F)(F)F)c(F)c1)c1ncccn1.O=Cc1ccc(C(F)(F)F)c(F)c1.[CH2-]CCC.[Li+]. The van der Waals surface area contributed by atoms with E-state index in [2.05, 4.69) is 58.1 Å². The van der Waals surface area contributed by atoms with Crippen molar-refractivity contribution in [2.75, 3.05) is 5.75 Å². The van der Waals surface area contributed by atoms with E-state index < -0.39 is 142 Å². The number of aromatic nitrogens is 8. The van der Waals surface area contributed by atoms with Gasteiger partial charge in [0, 0.05) is 82.7 Å². The third kappa shape index (κ3) is 39.6. The molecule has 41 heteroatoms. The monoisotopic (exact) mass is 1740 g/mol. The van der Waals surface area contributed by atoms with Crippen molar-refractivity contribution in [2.45, 2.75) is 152 Å². The Morgan fingerprint density at radius 2 is 0.739 bits per heavy atom. The van der Waals surface area contributed by atoms with Crippen molar-refractivity contribution in [1.82, 2.24) is 39.9 Å². The summed E-state index contributed by atoms with van der Waals surface area (Å²) in [4.78, 5) is 41.7. The molecule has 0 amide bonds. The van der Waals surface area contributed by atoms with E-state index in [4.69, 9.17) is 16.6 Å². The second-order valence-corrected chi connectivity index (χ2v) is 31.8. The van der Waals surface area contributed by atoms with Crippen molar-refractivity contribution in [3.63, 3.8) is 0 Å². The molecule has 0 saturated heterocycles. The molecule has 115 heavy (non-hydrogen) atoms. The van der Waals surface area contributed by atoms with Crippen LogP contribution >= 0.6 is 24.8 Å². The minimum atomic E-state index is -4.73. The van der Waals surface area contributed by atoms with Crippen LogP contribution in [0, 0.1) is 37.1 Å². The van der Waals surface area contributed by atoms with Gasteiger partial charge in [-0.15, -0.1) is 24.8 Å². The van der Waals surface area contributed by atoms with E-state index in [1.807, 2.05) is 48.5 Å². The number of carbonyl (C=O) groups excluding carboxylic acids is 1. The van der Waals surface area contributed by atoms with Crippen molar-refractivity contribution in [1.29, 1.82) is 0 Å². The predicted molar refractivity (Wildman–Crippen MR) is 404 cm³/mol. The average Bonchev–Trinajstić information content (AvgIpc) is 0.839. The molecule has 0 bridgehead atoms. The van der Waals surface area contributed by atoms with Crippen LogP contribution in [-0.2, 0) is 63.7 Å². The van der Waals surface area contributed by atoms with Gasteiger partial charge in [0.25, 0.3) is 0 Å². The molecule has 0 aliphatic rings. The number of unbranched alkanes of at least 4 members (excludes halogenated alkanes) is 1. The Labute approximate surface area is 684 Å². The number of hydrogen-bond donors (Lipinski definition) is 3. The van der Waals surface area contributed by atoms with Crippen molar-refractivity contribution >= 4 is 70.1 Å². The van der Waals surface area contributed by atoms with Crippen LogP contribution in [0.25, 0.3) is 0 Å². The smallest absolute Gasteiger partial charge is 0.343 e. The summed E-state index contributed by atoms with van der Waals surface area (Å²) in [6, 6.07) is 19.2. The molecular weight excluding hydrogens is 1660 g/mol. The predicted octanol–water partition coefficient (Wildman–Crippen LogP) is 16.6. The first-order valence-corrected chi connectivity index (χ1v) is 36.2. The molecule has 4 aromatic heterocycles. The average molecular weight is 1740 g/mol. The minimum absolute atomic E-state index is 0. The number of alkyl halides is 15. The summed E-state index contributed by atoms with van der Waals surface area (Å²) >= 11 is 0. The summed E-state index contributed by atoms with van der Waals surface area (Å²) < 4.78 is 275. The number of nitrogens with zero attached hydrogens (tertiary/aromatic N) is 9. The zero-order chi connectivity index (χ0) is 85.6. The molecule has 0 aliphatic carbocycles. The van der Waals surface area contributed by atoms with Gasteiger partial charge in [-0.3, -0.25) is 14.1 Å². The standard InChI is InChI=1S/C17H19F3N2OS.2C12H9F4N3.C12H13F4NOS.C8H4F4O.C5H6N2.C4H11NOS.C4H9.2ClH.Li/c1-16(2,3)24(23)11-14(15-21-9-4-10-22-15)12-5-7-13(8-6-12)17(18,19)20;2*13-9-6-7(2-3-8(9)12(14,15)16)10(17)11-18-4-1-5-19-11;1-11(2,3)19(18)17-7-8-4-5-9(10(13)6-8)12(14,15)16;9-7-3-5(4-13)1-2-6(7)8(10,11)12;1-5-6-3-2-4-7-5;1-4(2,3)7(5)6;1-3-4-2;;;/h4-10,14H,11H2,1-3H3;2*1-6,10H,17H2;4-7H,1-3H3;1-4H;2-4H,1H3;5H2,1-3H3;1,3-4H2,2H3;2*1H;/q;;;;;;;-1;;;+1/t14-,24+;2*10-;19-;;;7-;;;;/m0000..0..../s1. The molecule has 6 atom stereocenters. The van der Waals surface area contributed by atoms with Crippen molar-refractivity contribution in [2.24, 2.45) is 21.0 Å². The van der Waals surface area contributed by atoms with Crippen LogP contribution in [0.1, 0.15) is 184 Å². The van der Waals surface area contributed by atoms with Crippen molar-refractivity contribution in [3.8, 4) is 0 Å². The number of hydrogen-bond acceptors (Lipinski definition) is 14. The third-order valence-corrected chi connectivity index (χ3v) is 18.3. The topological polar surface area (TPSA) is 262 Å². The van der Waals surface area contributed by atoms with Gasteiger partial charge in [0.05, 0.1) is 66.3 Å². The quantitative estimate of drug-likeness (QED) is 0.0338. The normalized spacial score (nSPS) is 13.1. The molecule has 9 aromatic rings. The Morgan fingerprint density at radius 1 is 0.443 bits per heavy atom.